The van der Waals surface area contributed by atoms with Crippen molar-refractivity contribution in [3.05, 3.63) is 66.4 Å². The smallest absolute Gasteiger partial charge is 0.238 e. The van der Waals surface area contributed by atoms with Gasteiger partial charge in [0.25, 0.3) is 0 Å². The van der Waals surface area contributed by atoms with E-state index in [9.17, 15) is 8.42 Å². The highest BCUT2D eigenvalue weighted by atomic mass is 32.2. The highest BCUT2D eigenvalue weighted by Gasteiger charge is 2.15. The van der Waals surface area contributed by atoms with E-state index >= 15 is 0 Å². The van der Waals surface area contributed by atoms with Crippen molar-refractivity contribution < 1.29 is 13.2 Å². The molecule has 0 saturated heterocycles. The number of hydrogen-bond acceptors (Lipinski definition) is 4. The maximum absolute atomic E-state index is 11.6. The van der Waals surface area contributed by atoms with Crippen molar-refractivity contribution in [1.29, 1.82) is 0 Å². The van der Waals surface area contributed by atoms with Crippen LogP contribution in [-0.4, -0.2) is 13.4 Å². The van der Waals surface area contributed by atoms with E-state index in [0.29, 0.717) is 23.3 Å². The van der Waals surface area contributed by atoms with Crippen LogP contribution < -0.4 is 9.88 Å². The van der Waals surface area contributed by atoms with E-state index < -0.39 is 10.0 Å². The van der Waals surface area contributed by atoms with Crippen LogP contribution in [0.2, 0.25) is 0 Å². The number of pyridine rings is 1. The Bertz CT molecular complexity index is 909. The summed E-state index contributed by atoms with van der Waals surface area (Å²) in [5.41, 5.74) is 1.49. The summed E-state index contributed by atoms with van der Waals surface area (Å²) in [4.78, 5) is 4.27. The first-order valence-corrected chi connectivity index (χ1v) is 8.17. The Morgan fingerprint density at radius 2 is 1.77 bits per heavy atom. The van der Waals surface area contributed by atoms with Gasteiger partial charge in [0.1, 0.15) is 17.9 Å². The Kier molecular flexibility index (Phi) is 3.79. The molecule has 112 valence electrons. The highest BCUT2D eigenvalue weighted by Crippen LogP contribution is 2.29. The van der Waals surface area contributed by atoms with E-state index in [1.165, 1.54) is 6.07 Å². The van der Waals surface area contributed by atoms with Gasteiger partial charge in [-0.1, -0.05) is 30.3 Å². The minimum absolute atomic E-state index is 0.0441. The molecule has 2 N–H and O–H groups in total. The summed E-state index contributed by atoms with van der Waals surface area (Å²) in [6.45, 7) is 0.376. The Balaban J connectivity index is 2.01. The van der Waals surface area contributed by atoms with Crippen LogP contribution in [0.1, 0.15) is 5.56 Å². The van der Waals surface area contributed by atoms with Gasteiger partial charge in [-0.2, -0.15) is 0 Å². The topological polar surface area (TPSA) is 82.3 Å². The molecule has 0 saturated carbocycles. The quantitative estimate of drug-likeness (QED) is 0.802. The van der Waals surface area contributed by atoms with Gasteiger partial charge in [0, 0.05) is 11.6 Å². The van der Waals surface area contributed by atoms with E-state index in [-0.39, 0.29) is 4.90 Å². The zero-order valence-electron chi connectivity index (χ0n) is 11.6. The van der Waals surface area contributed by atoms with Crippen LogP contribution in [0, 0.1) is 0 Å². The van der Waals surface area contributed by atoms with Gasteiger partial charge in [-0.05, 0) is 29.8 Å². The fraction of sp³-hybridized carbons (Fsp3) is 0.0625. The predicted octanol–water partition coefficient (Wildman–Crippen LogP) is 2.46. The average molecular weight is 314 g/mol. The number of ether oxygens (including phenoxy) is 1. The lowest BCUT2D eigenvalue weighted by Gasteiger charge is -2.11. The third kappa shape index (κ3) is 2.93. The number of nitrogens with two attached hydrogens (primary N) is 1. The summed E-state index contributed by atoms with van der Waals surface area (Å²) in [7, 11) is -3.81. The van der Waals surface area contributed by atoms with E-state index in [1.807, 2.05) is 30.3 Å². The van der Waals surface area contributed by atoms with Gasteiger partial charge in [0.15, 0.2) is 0 Å². The number of sulfonamides is 1. The van der Waals surface area contributed by atoms with Crippen LogP contribution in [0.4, 0.5) is 0 Å². The molecule has 0 aliphatic rings. The zero-order chi connectivity index (χ0) is 15.6. The number of nitrogens with zero attached hydrogens (tertiary/aromatic N) is 1. The van der Waals surface area contributed by atoms with Crippen LogP contribution in [0.5, 0.6) is 5.75 Å². The Morgan fingerprint density at radius 3 is 2.50 bits per heavy atom. The first-order chi connectivity index (χ1) is 10.6. The van der Waals surface area contributed by atoms with Crippen LogP contribution in [-0.2, 0) is 16.6 Å². The summed E-state index contributed by atoms with van der Waals surface area (Å²) in [6, 6.07) is 16.1. The fourth-order valence-corrected chi connectivity index (χ4v) is 2.95. The van der Waals surface area contributed by atoms with Crippen molar-refractivity contribution in [1.82, 2.24) is 4.98 Å². The standard InChI is InChI=1S/C16H14N2O3S/c17-22(19,20)15-9-8-14(16-13(15)7-4-10-18-16)21-11-12-5-2-1-3-6-12/h1-10H,11H2,(H2,17,19,20). The average Bonchev–Trinajstić information content (AvgIpc) is 2.52. The second-order valence-corrected chi connectivity index (χ2v) is 6.31. The number of primary sulfonamides is 1. The lowest BCUT2D eigenvalue weighted by molar-refractivity contribution is 0.309. The minimum Gasteiger partial charge on any atom is -0.487 e. The first kappa shape index (κ1) is 14.5. The van der Waals surface area contributed by atoms with E-state index in [1.54, 1.807) is 24.4 Å². The Hall–Kier alpha value is -2.44. The molecule has 0 atom stereocenters. The van der Waals surface area contributed by atoms with Crippen LogP contribution in [0.3, 0.4) is 0 Å². The van der Waals surface area contributed by atoms with Gasteiger partial charge in [-0.3, -0.25) is 4.98 Å². The summed E-state index contributed by atoms with van der Waals surface area (Å²) in [6.07, 6.45) is 1.59. The minimum atomic E-state index is -3.81. The molecule has 22 heavy (non-hydrogen) atoms. The van der Waals surface area contributed by atoms with Crippen molar-refractivity contribution in [2.75, 3.05) is 0 Å². The summed E-state index contributed by atoms with van der Waals surface area (Å²) < 4.78 is 29.1. The normalized spacial score (nSPS) is 11.5. The Morgan fingerprint density at radius 1 is 1.00 bits per heavy atom. The lowest BCUT2D eigenvalue weighted by Crippen LogP contribution is -2.13. The van der Waals surface area contributed by atoms with E-state index in [2.05, 4.69) is 4.98 Å². The SMILES string of the molecule is NS(=O)(=O)c1ccc(OCc2ccccc2)c2ncccc12. The molecule has 0 aliphatic carbocycles. The molecule has 0 amide bonds. The van der Waals surface area contributed by atoms with Gasteiger partial charge in [-0.15, -0.1) is 0 Å². The third-order valence-corrected chi connectivity index (χ3v) is 4.21. The van der Waals surface area contributed by atoms with Crippen molar-refractivity contribution in [2.24, 2.45) is 5.14 Å². The van der Waals surface area contributed by atoms with E-state index in [0.717, 1.165) is 5.56 Å². The van der Waals surface area contributed by atoms with Crippen LogP contribution in [0.25, 0.3) is 10.9 Å². The van der Waals surface area contributed by atoms with Gasteiger partial charge in [0.05, 0.1) is 4.90 Å². The van der Waals surface area contributed by atoms with Gasteiger partial charge in [0.2, 0.25) is 10.0 Å². The number of fused-ring (bicyclic) bond motifs is 1. The van der Waals surface area contributed by atoms with Crippen molar-refractivity contribution in [3.63, 3.8) is 0 Å². The molecule has 0 fully saturated rings. The molecule has 1 heterocycles. The molecule has 6 heteroatoms. The molecular weight excluding hydrogens is 300 g/mol. The monoisotopic (exact) mass is 314 g/mol. The molecule has 0 spiro atoms. The van der Waals surface area contributed by atoms with Crippen molar-refractivity contribution >= 4 is 20.9 Å². The van der Waals surface area contributed by atoms with Gasteiger partial charge < -0.3 is 4.74 Å². The second kappa shape index (κ2) is 5.75. The van der Waals surface area contributed by atoms with E-state index in [4.69, 9.17) is 9.88 Å². The molecule has 1 aromatic heterocycles. The lowest BCUT2D eigenvalue weighted by atomic mass is 10.2. The molecule has 5 nitrogen and oxygen atoms in total. The maximum atomic E-state index is 11.6. The van der Waals surface area contributed by atoms with Crippen molar-refractivity contribution in [3.8, 4) is 5.75 Å². The molecule has 3 aromatic rings. The predicted molar refractivity (Wildman–Crippen MR) is 83.9 cm³/mol. The molecular formula is C16H14N2O3S. The zero-order valence-corrected chi connectivity index (χ0v) is 12.5. The Labute approximate surface area is 128 Å². The number of aromatic nitrogens is 1. The summed E-state index contributed by atoms with van der Waals surface area (Å²) >= 11 is 0. The first-order valence-electron chi connectivity index (χ1n) is 6.63. The molecule has 0 radical (unpaired) electrons. The largest absolute Gasteiger partial charge is 0.487 e. The third-order valence-electron chi connectivity index (χ3n) is 3.24. The maximum Gasteiger partial charge on any atom is 0.238 e. The fourth-order valence-electron chi connectivity index (χ4n) is 2.22. The molecule has 2 aromatic carbocycles. The molecule has 0 unspecified atom stereocenters. The molecule has 3 rings (SSSR count). The van der Waals surface area contributed by atoms with Crippen LogP contribution >= 0.6 is 0 Å². The van der Waals surface area contributed by atoms with Crippen molar-refractivity contribution in [2.45, 2.75) is 11.5 Å². The highest BCUT2D eigenvalue weighted by molar-refractivity contribution is 7.89. The molecule has 0 bridgehead atoms. The van der Waals surface area contributed by atoms with Gasteiger partial charge in [-0.25, -0.2) is 13.6 Å². The van der Waals surface area contributed by atoms with Gasteiger partial charge >= 0.3 is 0 Å². The number of rotatable bonds is 4. The van der Waals surface area contributed by atoms with Crippen LogP contribution in [0.15, 0.2) is 65.7 Å². The summed E-state index contributed by atoms with van der Waals surface area (Å²) in [5, 5.41) is 5.70. The number of hydrogen-bond donors (Lipinski definition) is 1. The second-order valence-electron chi connectivity index (χ2n) is 4.78. The molecule has 0 aliphatic heterocycles. The summed E-state index contributed by atoms with van der Waals surface area (Å²) in [5.74, 6) is 0.520. The number of benzene rings is 2.